The third-order valence-electron chi connectivity index (χ3n) is 3.25. The van der Waals surface area contributed by atoms with E-state index in [0.717, 1.165) is 18.8 Å². The zero-order chi connectivity index (χ0) is 12.5. The predicted molar refractivity (Wildman–Crippen MR) is 74.5 cm³/mol. The van der Waals surface area contributed by atoms with Gasteiger partial charge >= 0.3 is 0 Å². The van der Waals surface area contributed by atoms with Gasteiger partial charge in [-0.15, -0.1) is 0 Å². The number of aryl methyl sites for hydroxylation is 2. The van der Waals surface area contributed by atoms with E-state index in [1.54, 1.807) is 0 Å². The van der Waals surface area contributed by atoms with Crippen LogP contribution in [-0.4, -0.2) is 11.6 Å². The second kappa shape index (κ2) is 4.65. The summed E-state index contributed by atoms with van der Waals surface area (Å²) >= 11 is 4.98. The van der Waals surface area contributed by atoms with Crippen LogP contribution in [0.3, 0.4) is 0 Å². The Labute approximate surface area is 108 Å². The molecule has 0 amide bonds. The van der Waals surface area contributed by atoms with Crippen molar-refractivity contribution < 1.29 is 4.74 Å². The Bertz CT molecular complexity index is 418. The third kappa shape index (κ3) is 3.43. The van der Waals surface area contributed by atoms with E-state index in [1.165, 1.54) is 24.0 Å². The first kappa shape index (κ1) is 12.4. The fraction of sp³-hybridized carbons (Fsp3) is 0.500. The van der Waals surface area contributed by atoms with E-state index in [-0.39, 0.29) is 5.41 Å². The number of nitrogens with two attached hydrogens (primary N) is 1. The summed E-state index contributed by atoms with van der Waals surface area (Å²) in [6, 6.07) is 6.29. The SMILES string of the molecule is Cc1cc(C)cc(OCC2(CC(N)=S)CC2)c1. The van der Waals surface area contributed by atoms with Crippen molar-refractivity contribution in [1.29, 1.82) is 0 Å². The molecule has 1 aromatic carbocycles. The summed E-state index contributed by atoms with van der Waals surface area (Å²) in [5.74, 6) is 0.955. The van der Waals surface area contributed by atoms with Crippen LogP contribution in [0.4, 0.5) is 0 Å². The molecule has 1 aromatic rings. The van der Waals surface area contributed by atoms with Crippen molar-refractivity contribution in [3.8, 4) is 5.75 Å². The fourth-order valence-electron chi connectivity index (χ4n) is 2.17. The topological polar surface area (TPSA) is 35.2 Å². The van der Waals surface area contributed by atoms with Gasteiger partial charge in [0.1, 0.15) is 5.75 Å². The maximum absolute atomic E-state index is 5.88. The van der Waals surface area contributed by atoms with Crippen LogP contribution in [0.2, 0.25) is 0 Å². The van der Waals surface area contributed by atoms with Crippen molar-refractivity contribution >= 4 is 17.2 Å². The maximum atomic E-state index is 5.88. The molecule has 0 spiro atoms. The molecule has 0 aromatic heterocycles. The molecule has 2 rings (SSSR count). The van der Waals surface area contributed by atoms with Crippen LogP contribution < -0.4 is 10.5 Å². The predicted octanol–water partition coefficient (Wildman–Crippen LogP) is 3.14. The molecular formula is C14H19NOS. The zero-order valence-corrected chi connectivity index (χ0v) is 11.3. The van der Waals surface area contributed by atoms with Crippen LogP contribution in [0.1, 0.15) is 30.4 Å². The molecule has 1 saturated carbocycles. The lowest BCUT2D eigenvalue weighted by Crippen LogP contribution is -2.21. The minimum atomic E-state index is 0.226. The molecule has 0 atom stereocenters. The van der Waals surface area contributed by atoms with Crippen LogP contribution in [0.15, 0.2) is 18.2 Å². The lowest BCUT2D eigenvalue weighted by Gasteiger charge is -2.16. The molecule has 0 radical (unpaired) electrons. The van der Waals surface area contributed by atoms with Crippen molar-refractivity contribution in [2.45, 2.75) is 33.1 Å². The Morgan fingerprint density at radius 2 is 1.88 bits per heavy atom. The first-order valence-electron chi connectivity index (χ1n) is 5.99. The number of hydrogen-bond acceptors (Lipinski definition) is 2. The molecular weight excluding hydrogens is 230 g/mol. The summed E-state index contributed by atoms with van der Waals surface area (Å²) < 4.78 is 5.88. The summed E-state index contributed by atoms with van der Waals surface area (Å²) in [7, 11) is 0. The second-order valence-electron chi connectivity index (χ2n) is 5.26. The number of ether oxygens (including phenoxy) is 1. The molecule has 92 valence electrons. The van der Waals surface area contributed by atoms with Gasteiger partial charge in [-0.3, -0.25) is 0 Å². The minimum Gasteiger partial charge on any atom is -0.493 e. The molecule has 0 unspecified atom stereocenters. The van der Waals surface area contributed by atoms with Gasteiger partial charge in [0.2, 0.25) is 0 Å². The number of thiocarbonyl (C=S) groups is 1. The van der Waals surface area contributed by atoms with E-state index in [9.17, 15) is 0 Å². The lowest BCUT2D eigenvalue weighted by molar-refractivity contribution is 0.239. The van der Waals surface area contributed by atoms with Gasteiger partial charge in [0, 0.05) is 11.8 Å². The van der Waals surface area contributed by atoms with Crippen LogP contribution >= 0.6 is 12.2 Å². The van der Waals surface area contributed by atoms with E-state index in [4.69, 9.17) is 22.7 Å². The quantitative estimate of drug-likeness (QED) is 0.814. The Hall–Kier alpha value is -1.09. The smallest absolute Gasteiger partial charge is 0.119 e. The van der Waals surface area contributed by atoms with Crippen LogP contribution in [0, 0.1) is 19.3 Å². The average molecular weight is 249 g/mol. The van der Waals surface area contributed by atoms with Crippen molar-refractivity contribution in [2.75, 3.05) is 6.61 Å². The Kier molecular flexibility index (Phi) is 3.38. The van der Waals surface area contributed by atoms with E-state index in [0.29, 0.717) is 4.99 Å². The largest absolute Gasteiger partial charge is 0.493 e. The Morgan fingerprint density at radius 3 is 2.35 bits per heavy atom. The van der Waals surface area contributed by atoms with E-state index < -0.39 is 0 Å². The van der Waals surface area contributed by atoms with Gasteiger partial charge in [-0.1, -0.05) is 18.3 Å². The van der Waals surface area contributed by atoms with E-state index in [2.05, 4.69) is 32.0 Å². The highest BCUT2D eigenvalue weighted by Gasteiger charge is 2.43. The number of rotatable bonds is 5. The highest BCUT2D eigenvalue weighted by atomic mass is 32.1. The van der Waals surface area contributed by atoms with E-state index in [1.807, 2.05) is 0 Å². The van der Waals surface area contributed by atoms with Crippen molar-refractivity contribution in [3.63, 3.8) is 0 Å². The van der Waals surface area contributed by atoms with Gasteiger partial charge in [-0.05, 0) is 49.9 Å². The molecule has 1 aliphatic rings. The summed E-state index contributed by atoms with van der Waals surface area (Å²) in [5.41, 5.74) is 8.31. The van der Waals surface area contributed by atoms with Gasteiger partial charge in [0.25, 0.3) is 0 Å². The van der Waals surface area contributed by atoms with E-state index >= 15 is 0 Å². The maximum Gasteiger partial charge on any atom is 0.119 e. The Balaban J connectivity index is 1.96. The Morgan fingerprint density at radius 1 is 1.29 bits per heavy atom. The molecule has 2 nitrogen and oxygen atoms in total. The molecule has 0 aliphatic heterocycles. The van der Waals surface area contributed by atoms with Gasteiger partial charge in [0.15, 0.2) is 0 Å². The molecule has 0 bridgehead atoms. The molecule has 2 N–H and O–H groups in total. The second-order valence-corrected chi connectivity index (χ2v) is 5.78. The summed E-state index contributed by atoms with van der Waals surface area (Å²) in [6.07, 6.45) is 3.16. The van der Waals surface area contributed by atoms with Crippen molar-refractivity contribution in [2.24, 2.45) is 11.1 Å². The standard InChI is InChI=1S/C14H19NOS/c1-10-5-11(2)7-12(6-10)16-9-14(3-4-14)8-13(15)17/h5-7H,3-4,8-9H2,1-2H3,(H2,15,17). The van der Waals surface area contributed by atoms with Crippen LogP contribution in [-0.2, 0) is 0 Å². The average Bonchev–Trinajstić information content (AvgIpc) is 2.93. The molecule has 0 saturated heterocycles. The first-order chi connectivity index (χ1) is 7.99. The molecule has 1 aliphatic carbocycles. The highest BCUT2D eigenvalue weighted by Crippen LogP contribution is 2.49. The third-order valence-corrected chi connectivity index (χ3v) is 3.39. The van der Waals surface area contributed by atoms with Gasteiger partial charge in [-0.2, -0.15) is 0 Å². The molecule has 17 heavy (non-hydrogen) atoms. The zero-order valence-electron chi connectivity index (χ0n) is 10.5. The van der Waals surface area contributed by atoms with Crippen LogP contribution in [0.25, 0.3) is 0 Å². The summed E-state index contributed by atoms with van der Waals surface area (Å²) in [6.45, 7) is 4.90. The van der Waals surface area contributed by atoms with Gasteiger partial charge in [0.05, 0.1) is 11.6 Å². The van der Waals surface area contributed by atoms with Gasteiger partial charge < -0.3 is 10.5 Å². The summed E-state index contributed by atoms with van der Waals surface area (Å²) in [5, 5.41) is 0. The minimum absolute atomic E-state index is 0.226. The van der Waals surface area contributed by atoms with Crippen molar-refractivity contribution in [1.82, 2.24) is 0 Å². The van der Waals surface area contributed by atoms with Crippen LogP contribution in [0.5, 0.6) is 5.75 Å². The molecule has 1 fully saturated rings. The molecule has 3 heteroatoms. The van der Waals surface area contributed by atoms with Crippen molar-refractivity contribution in [3.05, 3.63) is 29.3 Å². The fourth-order valence-corrected chi connectivity index (χ4v) is 2.48. The van der Waals surface area contributed by atoms with Gasteiger partial charge in [-0.25, -0.2) is 0 Å². The summed E-state index contributed by atoms with van der Waals surface area (Å²) in [4.78, 5) is 0.603. The number of hydrogen-bond donors (Lipinski definition) is 1. The number of benzene rings is 1. The molecule has 0 heterocycles. The monoisotopic (exact) mass is 249 g/mol. The first-order valence-corrected chi connectivity index (χ1v) is 6.39. The highest BCUT2D eigenvalue weighted by molar-refractivity contribution is 7.80. The lowest BCUT2D eigenvalue weighted by atomic mass is 10.0. The normalized spacial score (nSPS) is 16.6.